The van der Waals surface area contributed by atoms with E-state index in [4.69, 9.17) is 0 Å². The zero-order valence-electron chi connectivity index (χ0n) is 12.1. The molecule has 1 heterocycles. The molecule has 0 aliphatic heterocycles. The van der Waals surface area contributed by atoms with Crippen LogP contribution < -0.4 is 16.0 Å². The molecule has 2 aromatic rings. The van der Waals surface area contributed by atoms with Crippen LogP contribution in [0.5, 0.6) is 0 Å². The van der Waals surface area contributed by atoms with Gasteiger partial charge < -0.3 is 20.5 Å². The number of carbonyl (C=O) groups excluding carboxylic acids is 1. The summed E-state index contributed by atoms with van der Waals surface area (Å²) >= 11 is 0. The van der Waals surface area contributed by atoms with Gasteiger partial charge in [-0.3, -0.25) is 0 Å². The number of nitrogens with zero attached hydrogens (tertiary/aromatic N) is 2. The van der Waals surface area contributed by atoms with Crippen molar-refractivity contribution < 1.29 is 9.32 Å². The molecule has 0 saturated heterocycles. The lowest BCUT2D eigenvalue weighted by molar-refractivity contribution is 0.251. The molecule has 7 heteroatoms. The number of amides is 2. The molecule has 0 aliphatic rings. The lowest BCUT2D eigenvalue weighted by atomic mass is 10.1. The fraction of sp³-hybridized carbons (Fsp3) is 0.357. The first-order valence-corrected chi connectivity index (χ1v) is 6.82. The Kier molecular flexibility index (Phi) is 5.28. The van der Waals surface area contributed by atoms with Gasteiger partial charge in [-0.1, -0.05) is 24.2 Å². The Morgan fingerprint density at radius 2 is 2.10 bits per heavy atom. The Morgan fingerprint density at radius 1 is 1.33 bits per heavy atom. The molecule has 7 nitrogen and oxygen atoms in total. The van der Waals surface area contributed by atoms with E-state index in [1.165, 1.54) is 12.0 Å². The third kappa shape index (κ3) is 4.57. The standard InChI is InChI=1S/C14H19N5O2/c1-3-15-10(2)11-4-6-12(7-5-11)18-14(20)16-8-13-17-9-21-19-13/h4-7,9-10,15H,3,8H2,1-2H3,(H2,16,18,20). The van der Waals surface area contributed by atoms with E-state index < -0.39 is 0 Å². The van der Waals surface area contributed by atoms with Crippen LogP contribution in [0.15, 0.2) is 35.2 Å². The summed E-state index contributed by atoms with van der Waals surface area (Å²) in [7, 11) is 0. The number of benzene rings is 1. The minimum Gasteiger partial charge on any atom is -0.343 e. The molecule has 3 N–H and O–H groups in total. The lowest BCUT2D eigenvalue weighted by Crippen LogP contribution is -2.28. The van der Waals surface area contributed by atoms with Gasteiger partial charge in [-0.2, -0.15) is 4.98 Å². The number of anilines is 1. The van der Waals surface area contributed by atoms with Crippen LogP contribution in [-0.4, -0.2) is 22.7 Å². The Morgan fingerprint density at radius 3 is 2.71 bits per heavy atom. The smallest absolute Gasteiger partial charge is 0.319 e. The summed E-state index contributed by atoms with van der Waals surface area (Å²) in [4.78, 5) is 15.5. The largest absolute Gasteiger partial charge is 0.343 e. The monoisotopic (exact) mass is 289 g/mol. The van der Waals surface area contributed by atoms with Gasteiger partial charge in [-0.15, -0.1) is 0 Å². The molecule has 1 aromatic heterocycles. The first-order chi connectivity index (χ1) is 10.2. The minimum atomic E-state index is -0.313. The van der Waals surface area contributed by atoms with Gasteiger partial charge in [0, 0.05) is 11.7 Å². The molecule has 2 rings (SSSR count). The predicted octanol–water partition coefficient (Wildman–Crippen LogP) is 2.06. The first kappa shape index (κ1) is 15.0. The molecular formula is C14H19N5O2. The van der Waals surface area contributed by atoms with Gasteiger partial charge in [0.15, 0.2) is 5.82 Å². The Bertz CT molecular complexity index is 553. The number of rotatable bonds is 6. The highest BCUT2D eigenvalue weighted by Gasteiger charge is 2.06. The van der Waals surface area contributed by atoms with E-state index in [-0.39, 0.29) is 18.6 Å². The average molecular weight is 289 g/mol. The molecule has 1 atom stereocenters. The Labute approximate surface area is 123 Å². The Hall–Kier alpha value is -2.41. The van der Waals surface area contributed by atoms with Crippen LogP contribution in [0.4, 0.5) is 10.5 Å². The third-order valence-electron chi connectivity index (χ3n) is 2.99. The molecular weight excluding hydrogens is 270 g/mol. The molecule has 2 amide bonds. The van der Waals surface area contributed by atoms with Crippen molar-refractivity contribution >= 4 is 11.7 Å². The zero-order chi connectivity index (χ0) is 15.1. The van der Waals surface area contributed by atoms with Crippen molar-refractivity contribution in [2.75, 3.05) is 11.9 Å². The highest BCUT2D eigenvalue weighted by atomic mass is 16.5. The van der Waals surface area contributed by atoms with Gasteiger partial charge in [-0.25, -0.2) is 4.79 Å². The number of hydrogen-bond donors (Lipinski definition) is 3. The minimum absolute atomic E-state index is 0.220. The summed E-state index contributed by atoms with van der Waals surface area (Å²) in [5.74, 6) is 0.431. The second kappa shape index (κ2) is 7.39. The molecule has 0 bridgehead atoms. The van der Waals surface area contributed by atoms with Crippen LogP contribution in [-0.2, 0) is 6.54 Å². The summed E-state index contributed by atoms with van der Waals surface area (Å²) in [5, 5.41) is 12.3. The third-order valence-corrected chi connectivity index (χ3v) is 2.99. The summed E-state index contributed by atoms with van der Waals surface area (Å²) in [6.45, 7) is 5.31. The van der Waals surface area contributed by atoms with Gasteiger partial charge in [0.2, 0.25) is 6.39 Å². The topological polar surface area (TPSA) is 92.1 Å². The molecule has 1 unspecified atom stereocenters. The van der Waals surface area contributed by atoms with Crippen molar-refractivity contribution in [3.05, 3.63) is 42.0 Å². The van der Waals surface area contributed by atoms with Gasteiger partial charge in [-0.05, 0) is 31.2 Å². The summed E-state index contributed by atoms with van der Waals surface area (Å²) in [6.07, 6.45) is 1.22. The fourth-order valence-electron chi connectivity index (χ4n) is 1.88. The van der Waals surface area contributed by atoms with E-state index in [1.54, 1.807) is 0 Å². The highest BCUT2D eigenvalue weighted by Crippen LogP contribution is 2.15. The fourth-order valence-corrected chi connectivity index (χ4v) is 1.88. The summed E-state index contributed by atoms with van der Waals surface area (Å²) < 4.78 is 4.58. The molecule has 0 aliphatic carbocycles. The first-order valence-electron chi connectivity index (χ1n) is 6.82. The van der Waals surface area contributed by atoms with Crippen molar-refractivity contribution in [1.29, 1.82) is 0 Å². The van der Waals surface area contributed by atoms with Crippen LogP contribution in [0.1, 0.15) is 31.3 Å². The van der Waals surface area contributed by atoms with E-state index in [2.05, 4.69) is 44.5 Å². The van der Waals surface area contributed by atoms with Crippen molar-refractivity contribution in [2.24, 2.45) is 0 Å². The molecule has 0 spiro atoms. The average Bonchev–Trinajstić information content (AvgIpc) is 2.99. The second-order valence-electron chi connectivity index (χ2n) is 4.56. The van der Waals surface area contributed by atoms with Gasteiger partial charge >= 0.3 is 6.03 Å². The van der Waals surface area contributed by atoms with E-state index in [0.717, 1.165) is 12.2 Å². The number of urea groups is 1. The maximum Gasteiger partial charge on any atom is 0.319 e. The molecule has 1 aromatic carbocycles. The van der Waals surface area contributed by atoms with E-state index in [1.807, 2.05) is 24.3 Å². The van der Waals surface area contributed by atoms with Gasteiger partial charge in [0.1, 0.15) is 0 Å². The summed E-state index contributed by atoms with van der Waals surface area (Å²) in [6, 6.07) is 7.70. The number of nitrogens with one attached hydrogen (secondary N) is 3. The van der Waals surface area contributed by atoms with Crippen LogP contribution >= 0.6 is 0 Å². The van der Waals surface area contributed by atoms with Crippen molar-refractivity contribution in [3.8, 4) is 0 Å². The normalized spacial score (nSPS) is 11.9. The molecule has 112 valence electrons. The maximum atomic E-state index is 11.7. The molecule has 21 heavy (non-hydrogen) atoms. The SMILES string of the molecule is CCNC(C)c1ccc(NC(=O)NCc2ncon2)cc1. The van der Waals surface area contributed by atoms with Crippen LogP contribution in [0.25, 0.3) is 0 Å². The lowest BCUT2D eigenvalue weighted by Gasteiger charge is -2.13. The van der Waals surface area contributed by atoms with E-state index >= 15 is 0 Å². The second-order valence-corrected chi connectivity index (χ2v) is 4.56. The molecule has 0 fully saturated rings. The quantitative estimate of drug-likeness (QED) is 0.757. The highest BCUT2D eigenvalue weighted by molar-refractivity contribution is 5.89. The number of carbonyl (C=O) groups is 1. The van der Waals surface area contributed by atoms with Gasteiger partial charge in [0.05, 0.1) is 6.54 Å². The van der Waals surface area contributed by atoms with Crippen molar-refractivity contribution in [2.45, 2.75) is 26.4 Å². The zero-order valence-corrected chi connectivity index (χ0v) is 12.1. The predicted molar refractivity (Wildman–Crippen MR) is 78.7 cm³/mol. The van der Waals surface area contributed by atoms with Crippen molar-refractivity contribution in [1.82, 2.24) is 20.8 Å². The molecule has 0 radical (unpaired) electrons. The van der Waals surface area contributed by atoms with E-state index in [0.29, 0.717) is 5.82 Å². The van der Waals surface area contributed by atoms with Crippen molar-refractivity contribution in [3.63, 3.8) is 0 Å². The Balaban J connectivity index is 1.83. The van der Waals surface area contributed by atoms with Crippen LogP contribution in [0.3, 0.4) is 0 Å². The van der Waals surface area contributed by atoms with Crippen LogP contribution in [0, 0.1) is 0 Å². The number of hydrogen-bond acceptors (Lipinski definition) is 5. The van der Waals surface area contributed by atoms with E-state index in [9.17, 15) is 4.79 Å². The maximum absolute atomic E-state index is 11.7. The van der Waals surface area contributed by atoms with Crippen LogP contribution in [0.2, 0.25) is 0 Å². The van der Waals surface area contributed by atoms with Gasteiger partial charge in [0.25, 0.3) is 0 Å². The summed E-state index contributed by atoms with van der Waals surface area (Å²) in [5.41, 5.74) is 1.91. The number of aromatic nitrogens is 2. The molecule has 0 saturated carbocycles.